The number of rotatable bonds is 36. The van der Waals surface area contributed by atoms with Gasteiger partial charge >= 0.3 is 8.56 Å². The van der Waals surface area contributed by atoms with Crippen LogP contribution in [0.1, 0.15) is 219 Å². The van der Waals surface area contributed by atoms with Crippen LogP contribution in [0.4, 0.5) is 0 Å². The highest BCUT2D eigenvalue weighted by atomic mass is 28.4. The van der Waals surface area contributed by atoms with Crippen molar-refractivity contribution in [2.75, 3.05) is 0 Å². The van der Waals surface area contributed by atoms with E-state index in [4.69, 9.17) is 8.85 Å². The van der Waals surface area contributed by atoms with E-state index < -0.39 is 21.1 Å². The number of aliphatic hydroxyl groups is 2. The second kappa shape index (κ2) is 33.4. The predicted octanol–water partition coefficient (Wildman–Crippen LogP) is 12.9. The van der Waals surface area contributed by atoms with Crippen molar-refractivity contribution in [1.82, 2.24) is 0 Å². The third-order valence-electron chi connectivity index (χ3n) is 8.95. The summed E-state index contributed by atoms with van der Waals surface area (Å²) in [6, 6.07) is 0. The lowest BCUT2D eigenvalue weighted by Gasteiger charge is -2.28. The lowest BCUT2D eigenvalue weighted by Crippen LogP contribution is -2.42. The quantitative estimate of drug-likeness (QED) is 0.0412. The monoisotopic (exact) mass is 629 g/mol. The molecule has 2 unspecified atom stereocenters. The molecular formula is C38H80O4Si. The number of hydrogen-bond donors (Lipinski definition) is 2. The molecule has 0 amide bonds. The Morgan fingerprint density at radius 2 is 0.535 bits per heavy atom. The van der Waals surface area contributed by atoms with Gasteiger partial charge in [0.2, 0.25) is 0 Å². The van der Waals surface area contributed by atoms with Crippen molar-refractivity contribution in [3.05, 3.63) is 0 Å². The molecule has 0 aromatic rings. The van der Waals surface area contributed by atoms with Gasteiger partial charge in [0.15, 0.2) is 0 Å². The maximum absolute atomic E-state index is 10.4. The summed E-state index contributed by atoms with van der Waals surface area (Å²) in [7, 11) is -2.55. The molecule has 0 aliphatic carbocycles. The first-order valence-electron chi connectivity index (χ1n) is 19.6. The van der Waals surface area contributed by atoms with Gasteiger partial charge in [-0.1, -0.05) is 194 Å². The van der Waals surface area contributed by atoms with Gasteiger partial charge in [-0.05, 0) is 38.8 Å². The van der Waals surface area contributed by atoms with Crippen LogP contribution in [0.25, 0.3) is 0 Å². The fraction of sp³-hybridized carbons (Fsp3) is 1.00. The summed E-state index contributed by atoms with van der Waals surface area (Å²) in [5.74, 6) is 0. The Morgan fingerprint density at radius 1 is 0.349 bits per heavy atom. The summed E-state index contributed by atoms with van der Waals surface area (Å²) in [4.78, 5) is 0. The van der Waals surface area contributed by atoms with Gasteiger partial charge in [0.25, 0.3) is 0 Å². The summed E-state index contributed by atoms with van der Waals surface area (Å²) in [6.45, 7) is 8.43. The second-order valence-electron chi connectivity index (χ2n) is 14.0. The van der Waals surface area contributed by atoms with E-state index in [1.165, 1.54) is 167 Å². The zero-order valence-electron chi connectivity index (χ0n) is 30.0. The Morgan fingerprint density at radius 3 is 0.744 bits per heavy atom. The normalized spacial score (nSPS) is 13.5. The van der Waals surface area contributed by atoms with Crippen LogP contribution in [-0.4, -0.2) is 31.4 Å². The van der Waals surface area contributed by atoms with Crippen LogP contribution in [0.5, 0.6) is 0 Å². The van der Waals surface area contributed by atoms with Crippen LogP contribution in [-0.2, 0) is 8.85 Å². The molecule has 0 spiro atoms. The van der Waals surface area contributed by atoms with Gasteiger partial charge in [-0.2, -0.15) is 0 Å². The average Bonchev–Trinajstić information content (AvgIpc) is 2.96. The first-order chi connectivity index (χ1) is 20.9. The standard InChI is InChI=1S/C38H80O4Si/c1-5-7-9-11-13-15-17-19-21-23-25-27-29-31-33-35-37(39)41-43(3,4)42-38(40)36-34-32-30-28-26-24-22-20-18-16-14-12-10-8-6-2/h37-40H,5-36H2,1-4H3. The smallest absolute Gasteiger partial charge is 0.335 e. The molecule has 0 aliphatic heterocycles. The minimum Gasteiger partial charge on any atom is -0.369 e. The molecule has 0 saturated carbocycles. The molecule has 5 heteroatoms. The molecule has 4 nitrogen and oxygen atoms in total. The van der Waals surface area contributed by atoms with Gasteiger partial charge in [-0.15, -0.1) is 0 Å². The SMILES string of the molecule is CCCCCCCCCCCCCCCCCC(O)O[Si](C)(C)OC(O)CCCCCCCCCCCCCCCCC. The summed E-state index contributed by atoms with van der Waals surface area (Å²) in [6.07, 6.45) is 40.0. The van der Waals surface area contributed by atoms with Gasteiger partial charge in [0, 0.05) is 0 Å². The lowest BCUT2D eigenvalue weighted by atomic mass is 10.0. The zero-order valence-corrected chi connectivity index (χ0v) is 31.0. The molecule has 0 aliphatic rings. The zero-order chi connectivity index (χ0) is 31.7. The Hall–Kier alpha value is 0.0569. The molecule has 0 radical (unpaired) electrons. The molecule has 0 bridgehead atoms. The van der Waals surface area contributed by atoms with E-state index in [-0.39, 0.29) is 0 Å². The Kier molecular flexibility index (Phi) is 33.5. The van der Waals surface area contributed by atoms with Gasteiger partial charge in [-0.25, -0.2) is 0 Å². The van der Waals surface area contributed by atoms with E-state index in [0.29, 0.717) is 12.8 Å². The highest BCUT2D eigenvalue weighted by molar-refractivity contribution is 6.64. The molecule has 0 fully saturated rings. The molecule has 2 N–H and O–H groups in total. The molecule has 0 rings (SSSR count). The van der Waals surface area contributed by atoms with Crippen LogP contribution in [0.2, 0.25) is 13.1 Å². The number of aliphatic hydroxyl groups excluding tert-OH is 2. The van der Waals surface area contributed by atoms with Crippen LogP contribution >= 0.6 is 0 Å². The summed E-state index contributed by atoms with van der Waals surface area (Å²) in [5.41, 5.74) is 0. The van der Waals surface area contributed by atoms with Gasteiger partial charge in [0.1, 0.15) is 12.6 Å². The average molecular weight is 629 g/mol. The van der Waals surface area contributed by atoms with Crippen LogP contribution in [0.3, 0.4) is 0 Å². The van der Waals surface area contributed by atoms with E-state index in [2.05, 4.69) is 13.8 Å². The molecule has 0 heterocycles. The number of unbranched alkanes of at least 4 members (excludes halogenated alkanes) is 28. The summed E-state index contributed by atoms with van der Waals surface area (Å²) < 4.78 is 11.7. The first-order valence-corrected chi connectivity index (χ1v) is 22.4. The van der Waals surface area contributed by atoms with E-state index >= 15 is 0 Å². The Balaban J connectivity index is 3.51. The molecule has 260 valence electrons. The third kappa shape index (κ3) is 34.8. The first kappa shape index (κ1) is 43.1. The highest BCUT2D eigenvalue weighted by Gasteiger charge is 2.30. The van der Waals surface area contributed by atoms with Crippen molar-refractivity contribution >= 4 is 8.56 Å². The highest BCUT2D eigenvalue weighted by Crippen LogP contribution is 2.19. The van der Waals surface area contributed by atoms with Crippen LogP contribution in [0, 0.1) is 0 Å². The van der Waals surface area contributed by atoms with Crippen molar-refractivity contribution in [3.8, 4) is 0 Å². The van der Waals surface area contributed by atoms with E-state index in [0.717, 1.165) is 25.7 Å². The second-order valence-corrected chi connectivity index (χ2v) is 17.3. The molecule has 0 saturated heterocycles. The lowest BCUT2D eigenvalue weighted by molar-refractivity contribution is -0.0925. The molecule has 0 aromatic carbocycles. The fourth-order valence-electron chi connectivity index (χ4n) is 6.18. The Labute approximate surface area is 272 Å². The molecule has 2 atom stereocenters. The maximum atomic E-state index is 10.4. The van der Waals surface area contributed by atoms with Crippen molar-refractivity contribution in [2.45, 2.75) is 245 Å². The van der Waals surface area contributed by atoms with E-state index in [1.54, 1.807) is 0 Å². The molecule has 43 heavy (non-hydrogen) atoms. The predicted molar refractivity (Wildman–Crippen MR) is 191 cm³/mol. The summed E-state index contributed by atoms with van der Waals surface area (Å²) >= 11 is 0. The maximum Gasteiger partial charge on any atom is 0.335 e. The fourth-order valence-corrected chi connectivity index (χ4v) is 7.78. The van der Waals surface area contributed by atoms with Crippen molar-refractivity contribution in [2.24, 2.45) is 0 Å². The minimum absolute atomic E-state index is 0.660. The van der Waals surface area contributed by atoms with Crippen LogP contribution in [0.15, 0.2) is 0 Å². The molecule has 0 aromatic heterocycles. The third-order valence-corrected chi connectivity index (χ3v) is 10.6. The van der Waals surface area contributed by atoms with E-state index in [9.17, 15) is 10.2 Å². The Bertz CT molecular complexity index is 486. The number of hydrogen-bond acceptors (Lipinski definition) is 4. The topological polar surface area (TPSA) is 58.9 Å². The van der Waals surface area contributed by atoms with Gasteiger partial charge in [0.05, 0.1) is 0 Å². The van der Waals surface area contributed by atoms with Crippen LogP contribution < -0.4 is 0 Å². The van der Waals surface area contributed by atoms with Crippen molar-refractivity contribution < 1.29 is 19.1 Å². The van der Waals surface area contributed by atoms with Crippen molar-refractivity contribution in [3.63, 3.8) is 0 Å². The summed E-state index contributed by atoms with van der Waals surface area (Å²) in [5, 5.41) is 20.7. The van der Waals surface area contributed by atoms with Crippen molar-refractivity contribution in [1.29, 1.82) is 0 Å². The minimum atomic E-state index is -2.55. The van der Waals surface area contributed by atoms with E-state index in [1.807, 2.05) is 13.1 Å². The molecular weight excluding hydrogens is 549 g/mol. The largest absolute Gasteiger partial charge is 0.369 e. The van der Waals surface area contributed by atoms with Gasteiger partial charge in [-0.3, -0.25) is 0 Å². The van der Waals surface area contributed by atoms with Gasteiger partial charge < -0.3 is 19.1 Å².